The van der Waals surface area contributed by atoms with Gasteiger partial charge in [-0.15, -0.1) is 10.2 Å². The normalized spacial score (nSPS) is 16.5. The van der Waals surface area contributed by atoms with E-state index in [0.29, 0.717) is 24.5 Å². The molecule has 1 saturated heterocycles. The predicted octanol–water partition coefficient (Wildman–Crippen LogP) is 1.16. The molecule has 2 aromatic rings. The summed E-state index contributed by atoms with van der Waals surface area (Å²) in [6, 6.07) is 4.77. The molecule has 30 heavy (non-hydrogen) atoms. The summed E-state index contributed by atoms with van der Waals surface area (Å²) in [5, 5.41) is 29.2. The SMILES string of the molecule is C=NC(=CC=C(C)c1cccc(S(N)(=O)=O)c1-c1nn[nH]n1)N1CC(C(C)(C)O)C1. The van der Waals surface area contributed by atoms with Gasteiger partial charge in [-0.25, -0.2) is 18.5 Å². The zero-order chi connectivity index (χ0) is 22.1. The van der Waals surface area contributed by atoms with E-state index in [1.165, 1.54) is 6.07 Å². The van der Waals surface area contributed by atoms with Gasteiger partial charge in [-0.05, 0) is 56.0 Å². The van der Waals surface area contributed by atoms with Crippen LogP contribution >= 0.6 is 0 Å². The number of aromatic nitrogens is 4. The van der Waals surface area contributed by atoms with Crippen LogP contribution in [0.25, 0.3) is 17.0 Å². The van der Waals surface area contributed by atoms with Gasteiger partial charge in [0.2, 0.25) is 15.8 Å². The molecule has 0 aliphatic carbocycles. The summed E-state index contributed by atoms with van der Waals surface area (Å²) in [6.45, 7) is 10.4. The van der Waals surface area contributed by atoms with Gasteiger partial charge < -0.3 is 10.0 Å². The molecule has 3 rings (SSSR count). The third-order valence-corrected chi connectivity index (χ3v) is 6.13. The predicted molar refractivity (Wildman–Crippen MR) is 114 cm³/mol. The number of hydrogen-bond donors (Lipinski definition) is 3. The molecule has 10 nitrogen and oxygen atoms in total. The molecule has 1 aliphatic heterocycles. The number of nitrogens with zero attached hydrogens (tertiary/aromatic N) is 5. The third kappa shape index (κ3) is 4.48. The second-order valence-corrected chi connectivity index (χ2v) is 9.28. The zero-order valence-corrected chi connectivity index (χ0v) is 17.9. The molecule has 0 saturated carbocycles. The van der Waals surface area contributed by atoms with Crippen molar-refractivity contribution in [3.05, 3.63) is 41.7 Å². The van der Waals surface area contributed by atoms with E-state index in [4.69, 9.17) is 5.14 Å². The Balaban J connectivity index is 1.97. The van der Waals surface area contributed by atoms with E-state index in [9.17, 15) is 13.5 Å². The molecule has 0 radical (unpaired) electrons. The van der Waals surface area contributed by atoms with Crippen LogP contribution in [-0.4, -0.2) is 64.5 Å². The molecular weight excluding hydrogens is 406 g/mol. The third-order valence-electron chi connectivity index (χ3n) is 5.18. The second-order valence-electron chi connectivity index (χ2n) is 7.75. The molecular formula is C19H25N7O3S. The minimum Gasteiger partial charge on any atom is -0.390 e. The van der Waals surface area contributed by atoms with Crippen molar-refractivity contribution in [2.75, 3.05) is 13.1 Å². The van der Waals surface area contributed by atoms with Crippen molar-refractivity contribution < 1.29 is 13.5 Å². The van der Waals surface area contributed by atoms with Gasteiger partial charge in [-0.2, -0.15) is 5.21 Å². The highest BCUT2D eigenvalue weighted by molar-refractivity contribution is 7.89. The van der Waals surface area contributed by atoms with E-state index in [0.717, 1.165) is 5.57 Å². The first-order valence-corrected chi connectivity index (χ1v) is 10.8. The number of nitrogens with two attached hydrogens (primary N) is 1. The minimum absolute atomic E-state index is 0.0871. The molecule has 1 aliphatic rings. The largest absolute Gasteiger partial charge is 0.390 e. The number of aromatic amines is 1. The number of sulfonamides is 1. The van der Waals surface area contributed by atoms with Crippen molar-refractivity contribution in [3.8, 4) is 11.4 Å². The Morgan fingerprint density at radius 2 is 2.10 bits per heavy atom. The molecule has 160 valence electrons. The molecule has 11 heteroatoms. The van der Waals surface area contributed by atoms with Gasteiger partial charge in [-0.1, -0.05) is 18.2 Å². The summed E-state index contributed by atoms with van der Waals surface area (Å²) in [6.07, 6.45) is 3.61. The van der Waals surface area contributed by atoms with Crippen LogP contribution in [0, 0.1) is 5.92 Å². The van der Waals surface area contributed by atoms with Crippen LogP contribution in [0.4, 0.5) is 0 Å². The average molecular weight is 432 g/mol. The van der Waals surface area contributed by atoms with Gasteiger partial charge >= 0.3 is 0 Å². The highest BCUT2D eigenvalue weighted by Crippen LogP contribution is 2.33. The number of aliphatic hydroxyl groups is 1. The molecule has 4 N–H and O–H groups in total. The molecule has 0 amide bonds. The highest BCUT2D eigenvalue weighted by atomic mass is 32.2. The van der Waals surface area contributed by atoms with Crippen LogP contribution in [0.3, 0.4) is 0 Å². The molecule has 0 unspecified atom stereocenters. The monoisotopic (exact) mass is 431 g/mol. The van der Waals surface area contributed by atoms with Gasteiger partial charge in [0.15, 0.2) is 0 Å². The smallest absolute Gasteiger partial charge is 0.238 e. The zero-order valence-electron chi connectivity index (χ0n) is 17.1. The highest BCUT2D eigenvalue weighted by Gasteiger charge is 2.38. The topological polar surface area (TPSA) is 150 Å². The number of rotatable bonds is 7. The number of benzene rings is 1. The number of tetrazole rings is 1. The maximum absolute atomic E-state index is 12.1. The summed E-state index contributed by atoms with van der Waals surface area (Å²) in [5.41, 5.74) is 0.874. The molecule has 1 fully saturated rings. The van der Waals surface area contributed by atoms with Crippen LogP contribution < -0.4 is 5.14 Å². The van der Waals surface area contributed by atoms with E-state index in [-0.39, 0.29) is 22.2 Å². The standard InChI is InChI=1S/C19H25N7O3S/c1-12(8-9-16(21-4)26-10-13(11-26)19(2,3)27)14-6-5-7-15(30(20,28)29)17(14)18-22-24-25-23-18/h5-9,13,27H,4,10-11H2,1-3H3,(H2,20,28,29)(H,22,23,24,25). The number of likely N-dealkylation sites (tertiary alicyclic amines) is 1. The van der Waals surface area contributed by atoms with Crippen LogP contribution in [-0.2, 0) is 10.0 Å². The summed E-state index contributed by atoms with van der Waals surface area (Å²) in [7, 11) is -4.00. The number of primary sulfonamides is 1. The fraction of sp³-hybridized carbons (Fsp3) is 0.368. The van der Waals surface area contributed by atoms with E-state index in [1.807, 2.05) is 17.9 Å². The molecule has 1 aromatic heterocycles. The fourth-order valence-electron chi connectivity index (χ4n) is 3.26. The summed E-state index contributed by atoms with van der Waals surface area (Å²) >= 11 is 0. The summed E-state index contributed by atoms with van der Waals surface area (Å²) in [5.74, 6) is 0.951. The van der Waals surface area contributed by atoms with Crippen LogP contribution in [0.15, 0.2) is 46.1 Å². The number of nitrogens with one attached hydrogen (secondary N) is 1. The van der Waals surface area contributed by atoms with Gasteiger partial charge in [0.05, 0.1) is 16.1 Å². The van der Waals surface area contributed by atoms with Gasteiger partial charge in [-0.3, -0.25) is 0 Å². The molecule has 0 spiro atoms. The number of hydrogen-bond acceptors (Lipinski definition) is 8. The number of aliphatic imine (C=N–C) groups is 1. The van der Waals surface area contributed by atoms with E-state index < -0.39 is 15.6 Å². The quantitative estimate of drug-likeness (QED) is 0.439. The lowest BCUT2D eigenvalue weighted by Crippen LogP contribution is -2.54. The van der Waals surface area contributed by atoms with Gasteiger partial charge in [0.1, 0.15) is 5.82 Å². The first kappa shape index (κ1) is 21.8. The van der Waals surface area contributed by atoms with E-state index >= 15 is 0 Å². The van der Waals surface area contributed by atoms with Crippen LogP contribution in [0.2, 0.25) is 0 Å². The Labute approximate surface area is 175 Å². The maximum atomic E-state index is 12.1. The number of allylic oxidation sites excluding steroid dienone is 3. The Bertz CT molecular complexity index is 1090. The first-order valence-electron chi connectivity index (χ1n) is 9.25. The second kappa shape index (κ2) is 8.09. The van der Waals surface area contributed by atoms with Crippen molar-refractivity contribution in [1.82, 2.24) is 25.5 Å². The van der Waals surface area contributed by atoms with Crippen molar-refractivity contribution >= 4 is 22.3 Å². The Hall–Kier alpha value is -2.89. The lowest BCUT2D eigenvalue weighted by Gasteiger charge is -2.46. The molecule has 0 atom stereocenters. The van der Waals surface area contributed by atoms with E-state index in [1.54, 1.807) is 32.1 Å². The Morgan fingerprint density at radius 3 is 2.63 bits per heavy atom. The lowest BCUT2D eigenvalue weighted by atomic mass is 9.84. The van der Waals surface area contributed by atoms with E-state index in [2.05, 4.69) is 32.3 Å². The van der Waals surface area contributed by atoms with Gasteiger partial charge in [0.25, 0.3) is 0 Å². The fourth-order valence-corrected chi connectivity index (χ4v) is 4.01. The average Bonchev–Trinajstić information content (AvgIpc) is 3.14. The van der Waals surface area contributed by atoms with Crippen molar-refractivity contribution in [1.29, 1.82) is 0 Å². The Morgan fingerprint density at radius 1 is 1.40 bits per heavy atom. The molecule has 2 heterocycles. The van der Waals surface area contributed by atoms with Crippen molar-refractivity contribution in [2.24, 2.45) is 16.0 Å². The lowest BCUT2D eigenvalue weighted by molar-refractivity contribution is -0.0498. The summed E-state index contributed by atoms with van der Waals surface area (Å²) < 4.78 is 24.2. The Kier molecular flexibility index (Phi) is 5.88. The van der Waals surface area contributed by atoms with Crippen LogP contribution in [0.1, 0.15) is 26.3 Å². The maximum Gasteiger partial charge on any atom is 0.238 e. The van der Waals surface area contributed by atoms with Gasteiger partial charge in [0, 0.05) is 19.0 Å². The van der Waals surface area contributed by atoms with Crippen molar-refractivity contribution in [3.63, 3.8) is 0 Å². The first-order chi connectivity index (χ1) is 14.0. The van der Waals surface area contributed by atoms with Crippen molar-refractivity contribution in [2.45, 2.75) is 31.3 Å². The van der Waals surface area contributed by atoms with Crippen LogP contribution in [0.5, 0.6) is 0 Å². The molecule has 0 bridgehead atoms. The number of H-pyrrole nitrogens is 1. The molecule has 1 aromatic carbocycles. The minimum atomic E-state index is -4.00. The summed E-state index contributed by atoms with van der Waals surface area (Å²) in [4.78, 5) is 6.00.